The van der Waals surface area contributed by atoms with Gasteiger partial charge in [-0.25, -0.2) is 0 Å². The Balaban J connectivity index is 1.17. The molecule has 2 heterocycles. The third kappa shape index (κ3) is 4.50. The van der Waals surface area contributed by atoms with Gasteiger partial charge >= 0.3 is 0 Å². The second-order valence-corrected chi connectivity index (χ2v) is 13.0. The molecule has 0 saturated carbocycles. The van der Waals surface area contributed by atoms with Crippen LogP contribution in [0, 0.1) is 0 Å². The molecular weight excluding hydrogens is 605 g/mol. The number of fused-ring (bicyclic) bond motifs is 6. The van der Waals surface area contributed by atoms with E-state index in [2.05, 4.69) is 203 Å². The lowest BCUT2D eigenvalue weighted by Crippen LogP contribution is -1.95. The van der Waals surface area contributed by atoms with E-state index in [9.17, 15) is 0 Å². The van der Waals surface area contributed by atoms with Gasteiger partial charge in [-0.05, 0) is 81.9 Å². The molecule has 0 radical (unpaired) electrons. The highest BCUT2D eigenvalue weighted by Gasteiger charge is 2.17. The number of nitrogens with zero attached hydrogens (tertiary/aromatic N) is 2. The molecule has 2 nitrogen and oxygen atoms in total. The van der Waals surface area contributed by atoms with Crippen molar-refractivity contribution in [1.82, 2.24) is 9.13 Å². The number of benzene rings is 8. The monoisotopic (exact) mass is 636 g/mol. The molecule has 0 N–H and O–H groups in total. The fourth-order valence-corrected chi connectivity index (χ4v) is 7.85. The second-order valence-electron chi connectivity index (χ2n) is 13.0. The summed E-state index contributed by atoms with van der Waals surface area (Å²) in [6.07, 6.45) is 0. The van der Waals surface area contributed by atoms with Gasteiger partial charge in [-0.3, -0.25) is 0 Å². The maximum absolute atomic E-state index is 2.42. The van der Waals surface area contributed by atoms with Gasteiger partial charge in [0.15, 0.2) is 0 Å². The predicted molar refractivity (Wildman–Crippen MR) is 211 cm³/mol. The summed E-state index contributed by atoms with van der Waals surface area (Å²) in [5.41, 5.74) is 14.4. The van der Waals surface area contributed by atoms with E-state index in [0.29, 0.717) is 0 Å². The van der Waals surface area contributed by atoms with Crippen molar-refractivity contribution in [2.75, 3.05) is 0 Å². The summed E-state index contributed by atoms with van der Waals surface area (Å²) >= 11 is 0. The zero-order chi connectivity index (χ0) is 33.0. The van der Waals surface area contributed by atoms with Crippen molar-refractivity contribution in [3.63, 3.8) is 0 Å². The molecule has 0 saturated heterocycles. The zero-order valence-corrected chi connectivity index (χ0v) is 27.4. The van der Waals surface area contributed by atoms with Crippen molar-refractivity contribution >= 4 is 43.6 Å². The molecule has 0 atom stereocenters. The van der Waals surface area contributed by atoms with E-state index in [4.69, 9.17) is 0 Å². The zero-order valence-electron chi connectivity index (χ0n) is 27.4. The Hall–Kier alpha value is -6.64. The maximum atomic E-state index is 2.42. The van der Waals surface area contributed by atoms with E-state index < -0.39 is 0 Å². The van der Waals surface area contributed by atoms with E-state index in [1.807, 2.05) is 0 Å². The SMILES string of the molecule is c1ccc(-c2cccc(-n3c4ccccc4c4ccc(-c5ccccc5-c5ccc6c7ccccc7n(-c7ccccc7)c6c5)cc43)c2)cc1. The quantitative estimate of drug-likeness (QED) is 0.178. The molecule has 10 rings (SSSR count). The topological polar surface area (TPSA) is 9.86 Å². The summed E-state index contributed by atoms with van der Waals surface area (Å²) in [4.78, 5) is 0. The van der Waals surface area contributed by atoms with Gasteiger partial charge in [-0.15, -0.1) is 0 Å². The van der Waals surface area contributed by atoms with Gasteiger partial charge < -0.3 is 9.13 Å². The highest BCUT2D eigenvalue weighted by molar-refractivity contribution is 6.12. The van der Waals surface area contributed by atoms with Crippen molar-refractivity contribution in [3.05, 3.63) is 194 Å². The van der Waals surface area contributed by atoms with Crippen LogP contribution in [0.5, 0.6) is 0 Å². The Bertz CT molecular complexity index is 2860. The Morgan fingerprint density at radius 3 is 1.28 bits per heavy atom. The first-order valence-corrected chi connectivity index (χ1v) is 17.2. The molecule has 0 spiro atoms. The number of hydrogen-bond donors (Lipinski definition) is 0. The summed E-state index contributed by atoms with van der Waals surface area (Å²) in [6.45, 7) is 0. The smallest absolute Gasteiger partial charge is 0.0547 e. The van der Waals surface area contributed by atoms with E-state index >= 15 is 0 Å². The lowest BCUT2D eigenvalue weighted by Gasteiger charge is -2.14. The van der Waals surface area contributed by atoms with Gasteiger partial charge in [-0.2, -0.15) is 0 Å². The number of para-hydroxylation sites is 3. The van der Waals surface area contributed by atoms with Crippen LogP contribution in [0.2, 0.25) is 0 Å². The minimum Gasteiger partial charge on any atom is -0.309 e. The average molecular weight is 637 g/mol. The molecular formula is C48H32N2. The lowest BCUT2D eigenvalue weighted by molar-refractivity contribution is 1.18. The van der Waals surface area contributed by atoms with Crippen LogP contribution in [-0.2, 0) is 0 Å². The van der Waals surface area contributed by atoms with Crippen molar-refractivity contribution in [2.24, 2.45) is 0 Å². The van der Waals surface area contributed by atoms with E-state index in [1.165, 1.54) is 82.7 Å². The summed E-state index contributed by atoms with van der Waals surface area (Å²) in [5.74, 6) is 0. The van der Waals surface area contributed by atoms with Gasteiger partial charge in [0.2, 0.25) is 0 Å². The minimum atomic E-state index is 1.15. The minimum absolute atomic E-state index is 1.15. The lowest BCUT2D eigenvalue weighted by atomic mass is 9.93. The summed E-state index contributed by atoms with van der Waals surface area (Å²) in [7, 11) is 0. The number of rotatable bonds is 5. The molecule has 234 valence electrons. The third-order valence-electron chi connectivity index (χ3n) is 10.1. The van der Waals surface area contributed by atoms with Crippen molar-refractivity contribution in [3.8, 4) is 44.8 Å². The molecule has 50 heavy (non-hydrogen) atoms. The van der Waals surface area contributed by atoms with Crippen LogP contribution in [-0.4, -0.2) is 9.13 Å². The van der Waals surface area contributed by atoms with E-state index in [-0.39, 0.29) is 0 Å². The fourth-order valence-electron chi connectivity index (χ4n) is 7.85. The normalized spacial score (nSPS) is 11.6. The van der Waals surface area contributed by atoms with Crippen LogP contribution in [0.4, 0.5) is 0 Å². The fraction of sp³-hybridized carbons (Fsp3) is 0. The van der Waals surface area contributed by atoms with E-state index in [1.54, 1.807) is 0 Å². The molecule has 2 heteroatoms. The average Bonchev–Trinajstić information content (AvgIpc) is 3.71. The molecule has 8 aromatic carbocycles. The molecule has 0 fully saturated rings. The van der Waals surface area contributed by atoms with Gasteiger partial charge in [0.1, 0.15) is 0 Å². The Morgan fingerprint density at radius 2 is 0.680 bits per heavy atom. The standard InChI is InChI=1S/C48H32N2/c1-3-14-33(15-4-1)34-16-13-19-38(30-34)50-46-25-12-10-23-42(46)44-29-27-36(32-48(44)50)40-21-8-7-20-39(40)35-26-28-43-41-22-9-11-24-45(41)49(47(43)31-35)37-17-5-2-6-18-37/h1-32H. The Kier molecular flexibility index (Phi) is 6.53. The van der Waals surface area contributed by atoms with Crippen molar-refractivity contribution in [1.29, 1.82) is 0 Å². The molecule has 0 amide bonds. The Morgan fingerprint density at radius 1 is 0.240 bits per heavy atom. The molecule has 0 aliphatic heterocycles. The van der Waals surface area contributed by atoms with Crippen LogP contribution in [0.3, 0.4) is 0 Å². The maximum Gasteiger partial charge on any atom is 0.0547 e. The molecule has 10 aromatic rings. The predicted octanol–water partition coefficient (Wildman–Crippen LogP) is 12.9. The van der Waals surface area contributed by atoms with Crippen LogP contribution in [0.25, 0.3) is 88.4 Å². The molecule has 2 aromatic heterocycles. The van der Waals surface area contributed by atoms with Crippen LogP contribution in [0.1, 0.15) is 0 Å². The molecule has 0 aliphatic carbocycles. The Labute approximate surface area is 290 Å². The summed E-state index contributed by atoms with van der Waals surface area (Å²) in [6, 6.07) is 70.4. The van der Waals surface area contributed by atoms with E-state index in [0.717, 1.165) is 5.69 Å². The van der Waals surface area contributed by atoms with Crippen LogP contribution in [0.15, 0.2) is 194 Å². The number of hydrogen-bond acceptors (Lipinski definition) is 0. The first kappa shape index (κ1) is 28.4. The van der Waals surface area contributed by atoms with Gasteiger partial charge in [0.05, 0.1) is 22.1 Å². The number of aromatic nitrogens is 2. The first-order valence-electron chi connectivity index (χ1n) is 17.2. The first-order chi connectivity index (χ1) is 24.8. The second kappa shape index (κ2) is 11.5. The highest BCUT2D eigenvalue weighted by atomic mass is 15.0. The van der Waals surface area contributed by atoms with Crippen LogP contribution < -0.4 is 0 Å². The molecule has 0 unspecified atom stereocenters. The van der Waals surface area contributed by atoms with Crippen molar-refractivity contribution < 1.29 is 0 Å². The molecule has 0 aliphatic rings. The summed E-state index contributed by atoms with van der Waals surface area (Å²) < 4.78 is 4.82. The molecule has 0 bridgehead atoms. The largest absolute Gasteiger partial charge is 0.309 e. The van der Waals surface area contributed by atoms with Gasteiger partial charge in [0.25, 0.3) is 0 Å². The van der Waals surface area contributed by atoms with Crippen molar-refractivity contribution in [2.45, 2.75) is 0 Å². The highest BCUT2D eigenvalue weighted by Crippen LogP contribution is 2.40. The third-order valence-corrected chi connectivity index (χ3v) is 10.1. The van der Waals surface area contributed by atoms with Gasteiger partial charge in [-0.1, -0.05) is 146 Å². The van der Waals surface area contributed by atoms with Crippen LogP contribution >= 0.6 is 0 Å². The summed E-state index contributed by atoms with van der Waals surface area (Å²) in [5, 5.41) is 5.03. The van der Waals surface area contributed by atoms with Gasteiger partial charge in [0, 0.05) is 32.9 Å².